The molecule has 5 nitrogen and oxygen atoms in total. The Morgan fingerprint density at radius 3 is 2.65 bits per heavy atom. The fourth-order valence-corrected chi connectivity index (χ4v) is 3.49. The first kappa shape index (κ1) is 17.7. The summed E-state index contributed by atoms with van der Waals surface area (Å²) in [7, 11) is 0. The number of hydrogen-bond acceptors (Lipinski definition) is 4. The van der Waals surface area contributed by atoms with Crippen molar-refractivity contribution in [2.24, 2.45) is 17.8 Å². The van der Waals surface area contributed by atoms with Crippen molar-refractivity contribution in [2.75, 3.05) is 0 Å². The lowest BCUT2D eigenvalue weighted by Crippen LogP contribution is -2.35. The first-order valence-electron chi connectivity index (χ1n) is 7.94. The van der Waals surface area contributed by atoms with Crippen LogP contribution in [0.15, 0.2) is 18.2 Å². The lowest BCUT2D eigenvalue weighted by atomic mass is 9.75. The van der Waals surface area contributed by atoms with E-state index in [0.717, 1.165) is 19.3 Å². The van der Waals surface area contributed by atoms with E-state index in [2.05, 4.69) is 20.8 Å². The number of nitro groups is 1. The van der Waals surface area contributed by atoms with Crippen LogP contribution in [-0.2, 0) is 4.74 Å². The maximum Gasteiger partial charge on any atom is 0.339 e. The molecule has 1 aliphatic carbocycles. The van der Waals surface area contributed by atoms with E-state index in [0.29, 0.717) is 17.8 Å². The van der Waals surface area contributed by atoms with Crippen molar-refractivity contribution < 1.29 is 14.5 Å². The highest BCUT2D eigenvalue weighted by Gasteiger charge is 2.34. The van der Waals surface area contributed by atoms with Crippen LogP contribution in [0.1, 0.15) is 50.4 Å². The number of rotatable bonds is 4. The Kier molecular flexibility index (Phi) is 5.63. The normalized spacial score (nSPS) is 24.5. The fraction of sp³-hybridized carbons (Fsp3) is 0.588. The molecule has 0 aliphatic heterocycles. The summed E-state index contributed by atoms with van der Waals surface area (Å²) in [4.78, 5) is 22.6. The summed E-state index contributed by atoms with van der Waals surface area (Å²) in [6.07, 6.45) is 2.91. The number of non-ortho nitro benzene ring substituents is 1. The van der Waals surface area contributed by atoms with Gasteiger partial charge in [0.15, 0.2) is 0 Å². The second-order valence-electron chi connectivity index (χ2n) is 6.69. The number of carbonyl (C=O) groups excluding carboxylic acids is 1. The third-order valence-electron chi connectivity index (χ3n) is 4.60. The Morgan fingerprint density at radius 2 is 2.09 bits per heavy atom. The largest absolute Gasteiger partial charge is 0.458 e. The third-order valence-corrected chi connectivity index (χ3v) is 4.92. The topological polar surface area (TPSA) is 69.4 Å². The van der Waals surface area contributed by atoms with Crippen molar-refractivity contribution in [3.05, 3.63) is 38.9 Å². The molecule has 6 heteroatoms. The minimum absolute atomic E-state index is 0.0501. The van der Waals surface area contributed by atoms with Crippen LogP contribution in [0.4, 0.5) is 5.69 Å². The number of nitro benzene ring substituents is 1. The minimum atomic E-state index is -0.543. The molecular weight excluding hydrogens is 318 g/mol. The summed E-state index contributed by atoms with van der Waals surface area (Å²) >= 11 is 6.01. The van der Waals surface area contributed by atoms with E-state index in [4.69, 9.17) is 16.3 Å². The van der Waals surface area contributed by atoms with Gasteiger partial charge >= 0.3 is 5.97 Å². The predicted octanol–water partition coefficient (Wildman–Crippen LogP) is 4.87. The van der Waals surface area contributed by atoms with Crippen LogP contribution >= 0.6 is 11.6 Å². The molecule has 0 unspecified atom stereocenters. The highest BCUT2D eigenvalue weighted by molar-refractivity contribution is 6.33. The Hall–Kier alpha value is -1.62. The zero-order valence-corrected chi connectivity index (χ0v) is 14.4. The molecular formula is C17H22ClNO4. The molecule has 0 spiro atoms. The van der Waals surface area contributed by atoms with Crippen LogP contribution < -0.4 is 0 Å². The second kappa shape index (κ2) is 7.30. The van der Waals surface area contributed by atoms with Crippen LogP contribution in [-0.4, -0.2) is 17.0 Å². The molecule has 1 aromatic rings. The quantitative estimate of drug-likeness (QED) is 0.446. The average molecular weight is 340 g/mol. The van der Waals surface area contributed by atoms with Crippen LogP contribution in [0.25, 0.3) is 0 Å². The van der Waals surface area contributed by atoms with Crippen LogP contribution in [0.5, 0.6) is 0 Å². The molecule has 0 amide bonds. The number of halogens is 1. The van der Waals surface area contributed by atoms with Gasteiger partial charge in [-0.25, -0.2) is 4.79 Å². The minimum Gasteiger partial charge on any atom is -0.458 e. The molecule has 2 rings (SSSR count). The maximum absolute atomic E-state index is 12.4. The Labute approximate surface area is 141 Å². The fourth-order valence-electron chi connectivity index (χ4n) is 3.23. The smallest absolute Gasteiger partial charge is 0.339 e. The molecule has 3 atom stereocenters. The Morgan fingerprint density at radius 1 is 1.39 bits per heavy atom. The molecule has 0 N–H and O–H groups in total. The van der Waals surface area contributed by atoms with Crippen molar-refractivity contribution in [3.8, 4) is 0 Å². The highest BCUT2D eigenvalue weighted by atomic mass is 35.5. The molecule has 1 saturated carbocycles. The molecule has 1 fully saturated rings. The van der Waals surface area contributed by atoms with Gasteiger partial charge in [-0.15, -0.1) is 0 Å². The van der Waals surface area contributed by atoms with Gasteiger partial charge in [-0.1, -0.05) is 38.8 Å². The number of benzene rings is 1. The number of carbonyl (C=O) groups is 1. The van der Waals surface area contributed by atoms with Gasteiger partial charge in [0.2, 0.25) is 0 Å². The molecule has 0 saturated heterocycles. The molecule has 0 radical (unpaired) electrons. The van der Waals surface area contributed by atoms with E-state index in [9.17, 15) is 14.9 Å². The predicted molar refractivity (Wildman–Crippen MR) is 88.7 cm³/mol. The highest BCUT2D eigenvalue weighted by Crippen LogP contribution is 2.36. The van der Waals surface area contributed by atoms with Gasteiger partial charge in [0.1, 0.15) is 6.10 Å². The summed E-state index contributed by atoms with van der Waals surface area (Å²) in [6, 6.07) is 3.81. The molecule has 0 aromatic heterocycles. The van der Waals surface area contributed by atoms with E-state index < -0.39 is 10.9 Å². The molecule has 126 valence electrons. The number of ether oxygens (including phenoxy) is 1. The maximum atomic E-state index is 12.4. The lowest BCUT2D eigenvalue weighted by Gasteiger charge is -2.36. The van der Waals surface area contributed by atoms with E-state index in [1.807, 2.05) is 0 Å². The summed E-state index contributed by atoms with van der Waals surface area (Å²) in [5.41, 5.74) is 0.0379. The number of nitrogens with zero attached hydrogens (tertiary/aromatic N) is 1. The molecule has 1 aliphatic rings. The van der Waals surface area contributed by atoms with Gasteiger partial charge in [-0.3, -0.25) is 10.1 Å². The number of hydrogen-bond donors (Lipinski definition) is 0. The van der Waals surface area contributed by atoms with Gasteiger partial charge in [0, 0.05) is 12.1 Å². The van der Waals surface area contributed by atoms with Crippen molar-refractivity contribution in [2.45, 2.75) is 46.1 Å². The summed E-state index contributed by atoms with van der Waals surface area (Å²) in [6.45, 7) is 6.44. The standard InChI is InChI=1S/C17H22ClNO4/c1-10(2)13-6-4-11(3)8-16(13)23-17(20)14-7-5-12(19(21)22)9-15(14)18/h5,7,9-11,13,16H,4,6,8H2,1-3H3/t11-,13-,16-/m1/s1. The third kappa shape index (κ3) is 4.22. The molecule has 23 heavy (non-hydrogen) atoms. The second-order valence-corrected chi connectivity index (χ2v) is 7.10. The summed E-state index contributed by atoms with van der Waals surface area (Å²) < 4.78 is 5.71. The van der Waals surface area contributed by atoms with E-state index in [1.165, 1.54) is 18.2 Å². The van der Waals surface area contributed by atoms with Gasteiger partial charge in [-0.2, -0.15) is 0 Å². The van der Waals surface area contributed by atoms with E-state index in [-0.39, 0.29) is 22.4 Å². The van der Waals surface area contributed by atoms with E-state index in [1.54, 1.807) is 0 Å². The van der Waals surface area contributed by atoms with Gasteiger partial charge in [-0.05, 0) is 36.7 Å². The zero-order valence-electron chi connectivity index (χ0n) is 13.6. The average Bonchev–Trinajstić information content (AvgIpc) is 2.46. The number of esters is 1. The van der Waals surface area contributed by atoms with Crippen molar-refractivity contribution in [1.82, 2.24) is 0 Å². The molecule has 1 aromatic carbocycles. The van der Waals surface area contributed by atoms with Crippen LogP contribution in [0, 0.1) is 27.9 Å². The summed E-state index contributed by atoms with van der Waals surface area (Å²) in [5, 5.41) is 10.8. The Balaban J connectivity index is 2.15. The first-order chi connectivity index (χ1) is 10.8. The first-order valence-corrected chi connectivity index (χ1v) is 8.32. The zero-order chi connectivity index (χ0) is 17.1. The lowest BCUT2D eigenvalue weighted by molar-refractivity contribution is -0.384. The monoisotopic (exact) mass is 339 g/mol. The van der Waals surface area contributed by atoms with Crippen LogP contribution in [0.2, 0.25) is 5.02 Å². The molecule has 0 heterocycles. The van der Waals surface area contributed by atoms with Gasteiger partial charge in [0.05, 0.1) is 15.5 Å². The Bertz CT molecular complexity index is 602. The van der Waals surface area contributed by atoms with Crippen molar-refractivity contribution in [1.29, 1.82) is 0 Å². The summed E-state index contributed by atoms with van der Waals surface area (Å²) in [5.74, 6) is 0.796. The van der Waals surface area contributed by atoms with Crippen molar-refractivity contribution >= 4 is 23.3 Å². The van der Waals surface area contributed by atoms with Crippen molar-refractivity contribution in [3.63, 3.8) is 0 Å². The van der Waals surface area contributed by atoms with E-state index >= 15 is 0 Å². The van der Waals surface area contributed by atoms with Crippen LogP contribution in [0.3, 0.4) is 0 Å². The SMILES string of the molecule is CC(C)[C@H]1CC[C@@H](C)C[C@H]1OC(=O)c1ccc([N+](=O)[O-])cc1Cl. The van der Waals surface area contributed by atoms with Gasteiger partial charge in [0.25, 0.3) is 5.69 Å². The molecule has 0 bridgehead atoms. The van der Waals surface area contributed by atoms with Gasteiger partial charge < -0.3 is 4.74 Å².